The molecule has 0 radical (unpaired) electrons. The summed E-state index contributed by atoms with van der Waals surface area (Å²) in [7, 11) is 0. The van der Waals surface area contributed by atoms with Crippen LogP contribution in [0, 0.1) is 12.8 Å². The normalized spacial score (nSPS) is 12.8. The van der Waals surface area contributed by atoms with Crippen molar-refractivity contribution < 1.29 is 0 Å². The number of hydrogen-bond acceptors (Lipinski definition) is 3. The number of aromatic nitrogens is 2. The molecule has 1 atom stereocenters. The Labute approximate surface area is 77.4 Å². The molecule has 0 aliphatic carbocycles. The maximum atomic E-state index is 11.4. The van der Waals surface area contributed by atoms with E-state index in [-0.39, 0.29) is 11.5 Å². The van der Waals surface area contributed by atoms with Gasteiger partial charge in [-0.2, -0.15) is 5.10 Å². The highest BCUT2D eigenvalue weighted by atomic mass is 16.1. The number of hydrogen-bond donors (Lipinski definition) is 1. The predicted octanol–water partition coefficient (Wildman–Crippen LogP) is 0.147. The predicted molar refractivity (Wildman–Crippen MR) is 51.5 cm³/mol. The third kappa shape index (κ3) is 2.66. The molecule has 0 amide bonds. The fraction of sp³-hybridized carbons (Fsp3) is 0.556. The highest BCUT2D eigenvalue weighted by Gasteiger charge is 2.02. The van der Waals surface area contributed by atoms with Crippen LogP contribution in [0.3, 0.4) is 0 Å². The Morgan fingerprint density at radius 2 is 2.38 bits per heavy atom. The minimum Gasteiger partial charge on any atom is -0.330 e. The summed E-state index contributed by atoms with van der Waals surface area (Å²) in [6, 6.07) is 1.58. The standard InChI is InChI=1S/C9H15N3O/c1-7-3-9(13)12(11-5-7)6-8(2)4-10/h3,5,8H,4,6,10H2,1-2H3. The molecule has 1 aromatic rings. The molecule has 0 bridgehead atoms. The molecule has 4 heteroatoms. The van der Waals surface area contributed by atoms with Crippen molar-refractivity contribution in [3.05, 3.63) is 28.2 Å². The number of rotatable bonds is 3. The van der Waals surface area contributed by atoms with Crippen LogP contribution in [-0.4, -0.2) is 16.3 Å². The van der Waals surface area contributed by atoms with Gasteiger partial charge in [0.05, 0.1) is 6.20 Å². The van der Waals surface area contributed by atoms with E-state index in [9.17, 15) is 4.79 Å². The summed E-state index contributed by atoms with van der Waals surface area (Å²) in [5.74, 6) is 0.285. The van der Waals surface area contributed by atoms with Crippen LogP contribution < -0.4 is 11.3 Å². The lowest BCUT2D eigenvalue weighted by Gasteiger charge is -2.09. The van der Waals surface area contributed by atoms with Crippen molar-refractivity contribution in [2.75, 3.05) is 6.54 Å². The highest BCUT2D eigenvalue weighted by Crippen LogP contribution is 1.94. The van der Waals surface area contributed by atoms with Crippen molar-refractivity contribution in [3.63, 3.8) is 0 Å². The summed E-state index contributed by atoms with van der Waals surface area (Å²) < 4.78 is 1.45. The van der Waals surface area contributed by atoms with Gasteiger partial charge in [-0.15, -0.1) is 0 Å². The Balaban J connectivity index is 2.84. The third-order valence-electron chi connectivity index (χ3n) is 1.89. The van der Waals surface area contributed by atoms with Gasteiger partial charge in [0, 0.05) is 12.6 Å². The van der Waals surface area contributed by atoms with Crippen LogP contribution in [0.1, 0.15) is 12.5 Å². The van der Waals surface area contributed by atoms with Gasteiger partial charge in [-0.3, -0.25) is 4.79 Å². The van der Waals surface area contributed by atoms with Gasteiger partial charge in [0.15, 0.2) is 0 Å². The summed E-state index contributed by atoms with van der Waals surface area (Å²) in [5.41, 5.74) is 6.29. The first-order valence-electron chi connectivity index (χ1n) is 4.37. The summed E-state index contributed by atoms with van der Waals surface area (Å²) in [6.07, 6.45) is 1.69. The summed E-state index contributed by atoms with van der Waals surface area (Å²) in [6.45, 7) is 5.01. The Kier molecular flexibility index (Phi) is 3.19. The Bertz CT molecular complexity index is 332. The van der Waals surface area contributed by atoms with Crippen LogP contribution in [0.5, 0.6) is 0 Å². The molecule has 72 valence electrons. The molecule has 0 saturated heterocycles. The van der Waals surface area contributed by atoms with Crippen LogP contribution in [-0.2, 0) is 6.54 Å². The molecular formula is C9H15N3O. The van der Waals surface area contributed by atoms with E-state index in [2.05, 4.69) is 5.10 Å². The van der Waals surface area contributed by atoms with Gasteiger partial charge >= 0.3 is 0 Å². The van der Waals surface area contributed by atoms with Gasteiger partial charge < -0.3 is 5.73 Å². The van der Waals surface area contributed by atoms with Crippen molar-refractivity contribution >= 4 is 0 Å². The number of nitrogens with zero attached hydrogens (tertiary/aromatic N) is 2. The van der Waals surface area contributed by atoms with Gasteiger partial charge in [-0.05, 0) is 24.9 Å². The van der Waals surface area contributed by atoms with Gasteiger partial charge in [0.25, 0.3) is 5.56 Å². The van der Waals surface area contributed by atoms with Crippen LogP contribution in [0.4, 0.5) is 0 Å². The molecule has 0 spiro atoms. The van der Waals surface area contributed by atoms with Crippen LogP contribution in [0.25, 0.3) is 0 Å². The van der Waals surface area contributed by atoms with E-state index in [1.807, 2.05) is 13.8 Å². The topological polar surface area (TPSA) is 60.9 Å². The van der Waals surface area contributed by atoms with Crippen molar-refractivity contribution in [1.29, 1.82) is 0 Å². The van der Waals surface area contributed by atoms with E-state index < -0.39 is 0 Å². The second-order valence-corrected chi connectivity index (χ2v) is 3.39. The zero-order valence-electron chi connectivity index (χ0n) is 8.03. The lowest BCUT2D eigenvalue weighted by atomic mass is 10.2. The van der Waals surface area contributed by atoms with E-state index in [4.69, 9.17) is 5.73 Å². The van der Waals surface area contributed by atoms with Crippen molar-refractivity contribution in [1.82, 2.24) is 9.78 Å². The smallest absolute Gasteiger partial charge is 0.266 e. The van der Waals surface area contributed by atoms with Crippen LogP contribution >= 0.6 is 0 Å². The van der Waals surface area contributed by atoms with E-state index >= 15 is 0 Å². The largest absolute Gasteiger partial charge is 0.330 e. The molecule has 4 nitrogen and oxygen atoms in total. The summed E-state index contributed by atoms with van der Waals surface area (Å²) in [5, 5.41) is 4.01. The maximum Gasteiger partial charge on any atom is 0.266 e. The Morgan fingerprint density at radius 3 is 2.92 bits per heavy atom. The van der Waals surface area contributed by atoms with Gasteiger partial charge in [-0.25, -0.2) is 4.68 Å². The van der Waals surface area contributed by atoms with Gasteiger partial charge in [0.1, 0.15) is 0 Å². The van der Waals surface area contributed by atoms with E-state index in [0.717, 1.165) is 5.56 Å². The first-order chi connectivity index (χ1) is 6.13. The lowest BCUT2D eigenvalue weighted by molar-refractivity contribution is 0.441. The Morgan fingerprint density at radius 1 is 1.69 bits per heavy atom. The summed E-state index contributed by atoms with van der Waals surface area (Å²) >= 11 is 0. The maximum absolute atomic E-state index is 11.4. The molecule has 2 N–H and O–H groups in total. The third-order valence-corrected chi connectivity index (χ3v) is 1.89. The average Bonchev–Trinajstić information content (AvgIpc) is 2.09. The second kappa shape index (κ2) is 4.18. The van der Waals surface area contributed by atoms with Crippen LogP contribution in [0.15, 0.2) is 17.1 Å². The molecule has 1 rings (SSSR count). The molecule has 0 fully saturated rings. The number of nitrogens with two attached hydrogens (primary N) is 1. The highest BCUT2D eigenvalue weighted by molar-refractivity contribution is 5.02. The van der Waals surface area contributed by atoms with E-state index in [1.54, 1.807) is 12.3 Å². The van der Waals surface area contributed by atoms with Crippen LogP contribution in [0.2, 0.25) is 0 Å². The van der Waals surface area contributed by atoms with Crippen molar-refractivity contribution in [2.45, 2.75) is 20.4 Å². The minimum absolute atomic E-state index is 0.0553. The van der Waals surface area contributed by atoms with Crippen molar-refractivity contribution in [3.8, 4) is 0 Å². The molecule has 13 heavy (non-hydrogen) atoms. The Hall–Kier alpha value is -1.16. The lowest BCUT2D eigenvalue weighted by Crippen LogP contribution is -2.27. The SMILES string of the molecule is Cc1cnn(CC(C)CN)c(=O)c1. The zero-order chi connectivity index (χ0) is 9.84. The molecular weight excluding hydrogens is 166 g/mol. The zero-order valence-corrected chi connectivity index (χ0v) is 8.03. The molecule has 0 aromatic carbocycles. The quantitative estimate of drug-likeness (QED) is 0.722. The van der Waals surface area contributed by atoms with E-state index in [1.165, 1.54) is 4.68 Å². The second-order valence-electron chi connectivity index (χ2n) is 3.39. The number of aryl methyl sites for hydroxylation is 1. The van der Waals surface area contributed by atoms with E-state index in [0.29, 0.717) is 13.1 Å². The average molecular weight is 181 g/mol. The van der Waals surface area contributed by atoms with Crippen molar-refractivity contribution in [2.24, 2.45) is 11.7 Å². The molecule has 1 unspecified atom stereocenters. The summed E-state index contributed by atoms with van der Waals surface area (Å²) in [4.78, 5) is 11.4. The molecule has 1 heterocycles. The monoisotopic (exact) mass is 181 g/mol. The molecule has 0 aliphatic rings. The fourth-order valence-corrected chi connectivity index (χ4v) is 1.03. The van der Waals surface area contributed by atoms with Gasteiger partial charge in [0.2, 0.25) is 0 Å². The first-order valence-corrected chi connectivity index (χ1v) is 4.37. The minimum atomic E-state index is -0.0553. The fourth-order valence-electron chi connectivity index (χ4n) is 1.03. The molecule has 0 aliphatic heterocycles. The molecule has 0 saturated carbocycles. The first kappa shape index (κ1) is 9.92. The van der Waals surface area contributed by atoms with Gasteiger partial charge in [-0.1, -0.05) is 6.92 Å². The molecule has 1 aromatic heterocycles.